The summed E-state index contributed by atoms with van der Waals surface area (Å²) in [6, 6.07) is 9.39. The Morgan fingerprint density at radius 1 is 0.941 bits per heavy atom. The van der Waals surface area contributed by atoms with Gasteiger partial charge in [-0.05, 0) is 16.6 Å². The van der Waals surface area contributed by atoms with Crippen LogP contribution in [0.3, 0.4) is 0 Å². The van der Waals surface area contributed by atoms with Crippen LogP contribution in [-0.2, 0) is 0 Å². The van der Waals surface area contributed by atoms with E-state index in [0.717, 1.165) is 5.56 Å². The van der Waals surface area contributed by atoms with Gasteiger partial charge in [-0.15, -0.1) is 4.71 Å². The summed E-state index contributed by atoms with van der Waals surface area (Å²) < 4.78 is 14.1. The van der Waals surface area contributed by atoms with E-state index in [2.05, 4.69) is 0 Å². The maximum absolute atomic E-state index is 14.0. The SMILES string of the molecule is O=C(c1ccccc1)[N+]12CC[N+](F)(CC1)CC2. The van der Waals surface area contributed by atoms with Crippen molar-refractivity contribution in [1.29, 1.82) is 0 Å². The molecule has 0 saturated carbocycles. The summed E-state index contributed by atoms with van der Waals surface area (Å²) in [5.41, 5.74) is 0.758. The van der Waals surface area contributed by atoms with Gasteiger partial charge in [-0.1, -0.05) is 18.2 Å². The van der Waals surface area contributed by atoms with Crippen molar-refractivity contribution in [1.82, 2.24) is 0 Å². The molecule has 0 N–H and O–H groups in total. The third kappa shape index (κ3) is 1.68. The molecule has 1 aromatic rings. The van der Waals surface area contributed by atoms with Crippen molar-refractivity contribution in [3.05, 3.63) is 35.9 Å². The number of rotatable bonds is 1. The fourth-order valence-electron chi connectivity index (χ4n) is 2.94. The van der Waals surface area contributed by atoms with Crippen LogP contribution in [-0.4, -0.2) is 54.4 Å². The second kappa shape index (κ2) is 3.62. The van der Waals surface area contributed by atoms with Crippen molar-refractivity contribution in [2.45, 2.75) is 0 Å². The molecule has 4 rings (SSSR count). The van der Waals surface area contributed by atoms with Crippen LogP contribution in [0.15, 0.2) is 30.3 Å². The number of nitrogens with zero attached hydrogens (tertiary/aromatic N) is 2. The summed E-state index contributed by atoms with van der Waals surface area (Å²) in [4.78, 5) is 12.5. The Morgan fingerprint density at radius 2 is 1.47 bits per heavy atom. The molecule has 0 radical (unpaired) electrons. The summed E-state index contributed by atoms with van der Waals surface area (Å²) in [5, 5.41) is 0. The summed E-state index contributed by atoms with van der Waals surface area (Å²) in [5.74, 6) is 0.163. The highest BCUT2D eigenvalue weighted by atomic mass is 19.2. The van der Waals surface area contributed by atoms with Crippen LogP contribution in [0.5, 0.6) is 0 Å². The van der Waals surface area contributed by atoms with E-state index in [0.29, 0.717) is 43.8 Å². The van der Waals surface area contributed by atoms with E-state index in [4.69, 9.17) is 0 Å². The third-order valence-corrected chi connectivity index (χ3v) is 4.24. The fraction of sp³-hybridized carbons (Fsp3) is 0.462. The van der Waals surface area contributed by atoms with Gasteiger partial charge in [-0.25, -0.2) is 9.28 Å². The molecule has 3 nitrogen and oxygen atoms in total. The van der Waals surface area contributed by atoms with E-state index in [9.17, 15) is 9.28 Å². The molecule has 0 aliphatic carbocycles. The number of piperazine rings is 3. The van der Waals surface area contributed by atoms with E-state index in [-0.39, 0.29) is 10.6 Å². The first-order valence-electron chi connectivity index (χ1n) is 6.15. The van der Waals surface area contributed by atoms with Crippen LogP contribution < -0.4 is 0 Å². The Labute approximate surface area is 100 Å². The van der Waals surface area contributed by atoms with Gasteiger partial charge >= 0.3 is 5.91 Å². The normalized spacial score (nSPS) is 35.8. The van der Waals surface area contributed by atoms with Gasteiger partial charge in [0, 0.05) is 0 Å². The molecule has 17 heavy (non-hydrogen) atoms. The smallest absolute Gasteiger partial charge is 0.242 e. The fourth-order valence-corrected chi connectivity index (χ4v) is 2.94. The molecular weight excluding hydrogens is 219 g/mol. The zero-order chi connectivity index (χ0) is 11.9. The van der Waals surface area contributed by atoms with Crippen LogP contribution in [0, 0.1) is 0 Å². The molecule has 3 saturated heterocycles. The highest BCUT2D eigenvalue weighted by molar-refractivity contribution is 5.89. The quantitative estimate of drug-likeness (QED) is 0.532. The Kier molecular flexibility index (Phi) is 2.31. The molecule has 1 aromatic carbocycles. The zero-order valence-corrected chi connectivity index (χ0v) is 9.81. The Bertz CT molecular complexity index is 421. The Morgan fingerprint density at radius 3 is 2.00 bits per heavy atom. The van der Waals surface area contributed by atoms with Crippen molar-refractivity contribution in [2.24, 2.45) is 0 Å². The van der Waals surface area contributed by atoms with Crippen LogP contribution in [0.1, 0.15) is 10.4 Å². The standard InChI is InChI=1S/C13H17FN2O/c14-16-9-6-15(7-10-16,8-11-16)13(17)12-4-2-1-3-5-12/h1-5H,6-11H2/q+2. The first kappa shape index (κ1) is 10.9. The lowest BCUT2D eigenvalue weighted by Crippen LogP contribution is -2.73. The topological polar surface area (TPSA) is 17.1 Å². The molecule has 90 valence electrons. The number of carbonyl (C=O) groups excluding carboxylic acids is 1. The van der Waals surface area contributed by atoms with E-state index >= 15 is 0 Å². The third-order valence-electron chi connectivity index (χ3n) is 4.24. The minimum Gasteiger partial charge on any atom is -0.242 e. The lowest BCUT2D eigenvalue weighted by molar-refractivity contribution is -1.13. The molecule has 3 fully saturated rings. The summed E-state index contributed by atoms with van der Waals surface area (Å²) in [6.45, 7) is 3.38. The molecule has 3 heterocycles. The summed E-state index contributed by atoms with van der Waals surface area (Å²) in [7, 11) is 0. The van der Waals surface area contributed by atoms with Crippen molar-refractivity contribution in [3.63, 3.8) is 0 Å². The van der Waals surface area contributed by atoms with Gasteiger partial charge < -0.3 is 0 Å². The first-order valence-corrected chi connectivity index (χ1v) is 6.15. The summed E-state index contributed by atoms with van der Waals surface area (Å²) in [6.07, 6.45) is 0. The molecular formula is C13H17FN2O+2. The van der Waals surface area contributed by atoms with E-state index < -0.39 is 0 Å². The van der Waals surface area contributed by atoms with Crippen LogP contribution in [0.4, 0.5) is 4.48 Å². The maximum Gasteiger partial charge on any atom is 0.346 e. The maximum atomic E-state index is 14.0. The number of benzene rings is 1. The van der Waals surface area contributed by atoms with Gasteiger partial charge in [0.2, 0.25) is 0 Å². The van der Waals surface area contributed by atoms with Gasteiger partial charge in [0.25, 0.3) is 0 Å². The number of fused-ring (bicyclic) bond motifs is 3. The average molecular weight is 236 g/mol. The number of hydrogen-bond donors (Lipinski definition) is 0. The predicted molar refractivity (Wildman–Crippen MR) is 61.6 cm³/mol. The van der Waals surface area contributed by atoms with E-state index in [1.165, 1.54) is 0 Å². The number of carbonyl (C=O) groups is 1. The number of halogens is 1. The van der Waals surface area contributed by atoms with Crippen molar-refractivity contribution < 1.29 is 18.5 Å². The lowest BCUT2D eigenvalue weighted by atomic mass is 10.1. The molecule has 0 unspecified atom stereocenters. The van der Waals surface area contributed by atoms with Gasteiger partial charge in [-0.3, -0.25) is 0 Å². The highest BCUT2D eigenvalue weighted by Gasteiger charge is 2.54. The molecule has 1 amide bonds. The Hall–Kier alpha value is -1.26. The van der Waals surface area contributed by atoms with Crippen molar-refractivity contribution in [2.75, 3.05) is 39.3 Å². The zero-order valence-electron chi connectivity index (χ0n) is 9.81. The van der Waals surface area contributed by atoms with Gasteiger partial charge in [0.05, 0.1) is 5.56 Å². The molecule has 3 aliphatic rings. The second-order valence-electron chi connectivity index (χ2n) is 5.19. The molecule has 4 heteroatoms. The minimum atomic E-state index is -0.331. The predicted octanol–water partition coefficient (Wildman–Crippen LogP) is 1.37. The second-order valence-corrected chi connectivity index (χ2v) is 5.19. The van der Waals surface area contributed by atoms with Gasteiger partial charge in [0.15, 0.2) is 19.6 Å². The first-order chi connectivity index (χ1) is 8.14. The van der Waals surface area contributed by atoms with Crippen LogP contribution >= 0.6 is 0 Å². The molecule has 0 spiro atoms. The largest absolute Gasteiger partial charge is 0.346 e. The average Bonchev–Trinajstić information content (AvgIpc) is 2.40. The summed E-state index contributed by atoms with van der Waals surface area (Å²) >= 11 is 0. The molecule has 0 aromatic heterocycles. The number of quaternary nitrogens is 2. The van der Waals surface area contributed by atoms with Crippen LogP contribution in [0.25, 0.3) is 0 Å². The monoisotopic (exact) mass is 236 g/mol. The van der Waals surface area contributed by atoms with E-state index in [1.807, 2.05) is 30.3 Å². The van der Waals surface area contributed by atoms with E-state index in [1.54, 1.807) is 0 Å². The Balaban J connectivity index is 1.88. The molecule has 3 aliphatic heterocycles. The number of hydrogen-bond acceptors (Lipinski definition) is 1. The van der Waals surface area contributed by atoms with Crippen molar-refractivity contribution >= 4 is 5.91 Å². The minimum absolute atomic E-state index is 0.163. The van der Waals surface area contributed by atoms with Crippen molar-refractivity contribution in [3.8, 4) is 0 Å². The van der Waals surface area contributed by atoms with Gasteiger partial charge in [-0.2, -0.15) is 0 Å². The van der Waals surface area contributed by atoms with Crippen LogP contribution in [0.2, 0.25) is 0 Å². The van der Waals surface area contributed by atoms with Gasteiger partial charge in [0.1, 0.15) is 19.6 Å². The molecule has 2 bridgehead atoms. The molecule has 0 atom stereocenters. The number of amides is 1. The highest BCUT2D eigenvalue weighted by Crippen LogP contribution is 2.29. The lowest BCUT2D eigenvalue weighted by Gasteiger charge is -2.47.